The van der Waals surface area contributed by atoms with E-state index in [0.29, 0.717) is 21.2 Å². The number of nitrogens with two attached hydrogens (primary N) is 2. The molecule has 0 saturated carbocycles. The van der Waals surface area contributed by atoms with E-state index in [-0.39, 0.29) is 27.7 Å². The number of pyridine rings is 1. The first-order valence-electron chi connectivity index (χ1n) is 10.5. The number of carbonyl (C=O) groups is 1. The molecule has 8 nitrogen and oxygen atoms in total. The smallest absolute Gasteiger partial charge is 0.284 e. The Morgan fingerprint density at radius 3 is 2.56 bits per heavy atom. The van der Waals surface area contributed by atoms with E-state index < -0.39 is 21.8 Å². The number of halogens is 2. The van der Waals surface area contributed by atoms with E-state index in [9.17, 15) is 13.2 Å². The molecule has 0 aliphatic rings. The Morgan fingerprint density at radius 2 is 1.83 bits per heavy atom. The number of sulfonamides is 1. The van der Waals surface area contributed by atoms with Gasteiger partial charge in [0.2, 0.25) is 10.0 Å². The molecule has 4 aromatic rings. The molecule has 5 N–H and O–H groups in total. The van der Waals surface area contributed by atoms with Crippen LogP contribution in [0.1, 0.15) is 12.5 Å². The van der Waals surface area contributed by atoms with Crippen LogP contribution in [0.25, 0.3) is 16.3 Å². The number of nitrogens with zero attached hydrogens (tertiary/aromatic N) is 1. The maximum atomic E-state index is 15.0. The molecule has 0 aliphatic heterocycles. The highest BCUT2D eigenvalue weighted by Gasteiger charge is 2.18. The molecule has 0 radical (unpaired) electrons. The molecule has 0 aliphatic carbocycles. The van der Waals surface area contributed by atoms with E-state index in [2.05, 4.69) is 26.2 Å². The van der Waals surface area contributed by atoms with E-state index in [0.717, 1.165) is 5.39 Å². The summed E-state index contributed by atoms with van der Waals surface area (Å²) in [6, 6.07) is 17.3. The molecule has 0 saturated heterocycles. The Bertz CT molecular complexity index is 1640. The lowest BCUT2D eigenvalue weighted by Crippen LogP contribution is -2.14. The Balaban J connectivity index is 1.55. The fraction of sp³-hybridized carbons (Fsp3) is 0.0400. The highest BCUT2D eigenvalue weighted by molar-refractivity contribution is 9.10. The molecule has 1 heterocycles. The van der Waals surface area contributed by atoms with Gasteiger partial charge in [-0.3, -0.25) is 4.79 Å². The minimum absolute atomic E-state index is 0.0412. The van der Waals surface area contributed by atoms with E-state index >= 15 is 4.39 Å². The SMILES string of the molecule is C/C(=C(/F)C(=O)Nc1ccc(Oc2ccccc2S(N)(=O)=O)cc1Br)c1ccc2ccnc(N)c2c1. The molecular weight excluding hydrogens is 551 g/mol. The van der Waals surface area contributed by atoms with Gasteiger partial charge >= 0.3 is 0 Å². The van der Waals surface area contributed by atoms with Crippen molar-refractivity contribution in [3.8, 4) is 11.5 Å². The average Bonchev–Trinajstić information content (AvgIpc) is 2.84. The van der Waals surface area contributed by atoms with Crippen LogP contribution < -0.4 is 20.9 Å². The zero-order chi connectivity index (χ0) is 26.0. The molecule has 184 valence electrons. The lowest BCUT2D eigenvalue weighted by Gasteiger charge is -2.12. The van der Waals surface area contributed by atoms with Crippen LogP contribution in [0.3, 0.4) is 0 Å². The summed E-state index contributed by atoms with van der Waals surface area (Å²) in [4.78, 5) is 16.5. The first-order valence-corrected chi connectivity index (χ1v) is 12.8. The number of para-hydroxylation sites is 1. The number of nitrogens with one attached hydrogen (secondary N) is 1. The minimum atomic E-state index is -3.99. The van der Waals surface area contributed by atoms with E-state index in [4.69, 9.17) is 15.6 Å². The topological polar surface area (TPSA) is 137 Å². The molecular formula is C25H20BrFN4O4S. The third-order valence-corrected chi connectivity index (χ3v) is 6.94. The third kappa shape index (κ3) is 5.38. The van der Waals surface area contributed by atoms with Gasteiger partial charge < -0.3 is 15.8 Å². The fourth-order valence-electron chi connectivity index (χ4n) is 3.46. The van der Waals surface area contributed by atoms with Crippen LogP contribution in [0.4, 0.5) is 15.9 Å². The first-order chi connectivity index (χ1) is 17.0. The van der Waals surface area contributed by atoms with E-state index in [1.807, 2.05) is 0 Å². The number of hydrogen-bond donors (Lipinski definition) is 3. The Hall–Kier alpha value is -3.80. The molecule has 0 atom stereocenters. The summed E-state index contributed by atoms with van der Waals surface area (Å²) in [7, 11) is -3.99. The molecule has 1 amide bonds. The van der Waals surface area contributed by atoms with Gasteiger partial charge in [-0.1, -0.05) is 24.3 Å². The molecule has 1 aromatic heterocycles. The molecule has 0 fully saturated rings. The molecule has 3 aromatic carbocycles. The number of amides is 1. The van der Waals surface area contributed by atoms with Crippen LogP contribution in [0.15, 0.2) is 88.1 Å². The molecule has 0 spiro atoms. The van der Waals surface area contributed by atoms with Crippen LogP contribution in [0, 0.1) is 0 Å². The van der Waals surface area contributed by atoms with Gasteiger partial charge in [-0.15, -0.1) is 0 Å². The molecule has 0 unspecified atom stereocenters. The highest BCUT2D eigenvalue weighted by Crippen LogP contribution is 2.33. The lowest BCUT2D eigenvalue weighted by atomic mass is 10.0. The number of anilines is 2. The quantitative estimate of drug-likeness (QED) is 0.267. The van der Waals surface area contributed by atoms with Gasteiger partial charge in [0.15, 0.2) is 5.83 Å². The maximum absolute atomic E-state index is 15.0. The average molecular weight is 571 g/mol. The van der Waals surface area contributed by atoms with Crippen molar-refractivity contribution in [2.24, 2.45) is 5.14 Å². The number of primary sulfonamides is 1. The summed E-state index contributed by atoms with van der Waals surface area (Å²) >= 11 is 3.32. The van der Waals surface area contributed by atoms with Crippen molar-refractivity contribution in [1.82, 2.24) is 4.98 Å². The second-order valence-electron chi connectivity index (χ2n) is 7.76. The highest BCUT2D eigenvalue weighted by atomic mass is 79.9. The normalized spacial score (nSPS) is 12.2. The standard InChI is InChI=1S/C25H20BrFN4O4S/c1-14(16-7-6-15-10-11-30-24(28)18(15)12-16)23(27)25(32)31-20-9-8-17(13-19(20)26)35-21-4-2-3-5-22(21)36(29,33)34/h2-13H,1H3,(H2,28,30)(H,31,32)(H2,29,33,34)/b23-14-. The van der Waals surface area contributed by atoms with E-state index in [1.54, 1.807) is 36.5 Å². The molecule has 36 heavy (non-hydrogen) atoms. The summed E-state index contributed by atoms with van der Waals surface area (Å²) in [6.45, 7) is 1.50. The van der Waals surface area contributed by atoms with Gasteiger partial charge in [-0.2, -0.15) is 0 Å². The first kappa shape index (κ1) is 25.3. The second-order valence-corrected chi connectivity index (χ2v) is 10.1. The zero-order valence-corrected chi connectivity index (χ0v) is 21.2. The summed E-state index contributed by atoms with van der Waals surface area (Å²) in [5.41, 5.74) is 6.82. The summed E-state index contributed by atoms with van der Waals surface area (Å²) in [6.07, 6.45) is 1.58. The maximum Gasteiger partial charge on any atom is 0.284 e. The van der Waals surface area contributed by atoms with Gasteiger partial charge in [0, 0.05) is 16.1 Å². The second kappa shape index (κ2) is 10.1. The number of fused-ring (bicyclic) bond motifs is 1. The van der Waals surface area contributed by atoms with Gasteiger partial charge in [0.05, 0.1) is 5.69 Å². The molecule has 4 rings (SSSR count). The minimum Gasteiger partial charge on any atom is -0.456 e. The third-order valence-electron chi connectivity index (χ3n) is 5.33. The summed E-state index contributed by atoms with van der Waals surface area (Å²) in [5.74, 6) is -1.29. The summed E-state index contributed by atoms with van der Waals surface area (Å²) < 4.78 is 44.6. The Labute approximate surface area is 215 Å². The van der Waals surface area contributed by atoms with Crippen LogP contribution in [0.2, 0.25) is 0 Å². The van der Waals surface area contributed by atoms with Crippen molar-refractivity contribution < 1.29 is 22.3 Å². The Kier molecular flexibility index (Phi) is 7.07. The van der Waals surface area contributed by atoms with Gasteiger partial charge in [-0.05, 0) is 81.8 Å². The number of nitrogen functional groups attached to an aromatic ring is 1. The summed E-state index contributed by atoms with van der Waals surface area (Å²) in [5, 5.41) is 9.25. The molecule has 11 heteroatoms. The van der Waals surface area contributed by atoms with Crippen molar-refractivity contribution >= 4 is 59.7 Å². The predicted molar refractivity (Wildman–Crippen MR) is 141 cm³/mol. The van der Waals surface area contributed by atoms with Crippen molar-refractivity contribution in [2.75, 3.05) is 11.1 Å². The number of rotatable bonds is 6. The molecule has 0 bridgehead atoms. The number of hydrogen-bond acceptors (Lipinski definition) is 6. The van der Waals surface area contributed by atoms with Crippen molar-refractivity contribution in [2.45, 2.75) is 11.8 Å². The van der Waals surface area contributed by atoms with E-state index in [1.165, 1.54) is 43.3 Å². The number of allylic oxidation sites excluding steroid dienone is 1. The number of carbonyl (C=O) groups excluding carboxylic acids is 1. The predicted octanol–water partition coefficient (Wildman–Crippen LogP) is 5.36. The van der Waals surface area contributed by atoms with Crippen molar-refractivity contribution in [3.05, 3.63) is 88.8 Å². The van der Waals surface area contributed by atoms with Gasteiger partial charge in [-0.25, -0.2) is 22.9 Å². The van der Waals surface area contributed by atoms with Crippen LogP contribution in [-0.4, -0.2) is 19.3 Å². The fourth-order valence-corrected chi connectivity index (χ4v) is 4.57. The van der Waals surface area contributed by atoms with Gasteiger partial charge in [0.1, 0.15) is 22.2 Å². The van der Waals surface area contributed by atoms with Crippen LogP contribution >= 0.6 is 15.9 Å². The van der Waals surface area contributed by atoms with Crippen molar-refractivity contribution in [3.63, 3.8) is 0 Å². The lowest BCUT2D eigenvalue weighted by molar-refractivity contribution is -0.114. The monoisotopic (exact) mass is 570 g/mol. The number of aromatic nitrogens is 1. The van der Waals surface area contributed by atoms with Crippen LogP contribution in [0.5, 0.6) is 11.5 Å². The number of benzene rings is 3. The van der Waals surface area contributed by atoms with Crippen LogP contribution in [-0.2, 0) is 14.8 Å². The van der Waals surface area contributed by atoms with Gasteiger partial charge in [0.25, 0.3) is 5.91 Å². The largest absolute Gasteiger partial charge is 0.456 e. The zero-order valence-electron chi connectivity index (χ0n) is 18.8. The Morgan fingerprint density at radius 1 is 1.08 bits per heavy atom. The number of ether oxygens (including phenoxy) is 1. The van der Waals surface area contributed by atoms with Crippen molar-refractivity contribution in [1.29, 1.82) is 0 Å².